The summed E-state index contributed by atoms with van der Waals surface area (Å²) in [7, 11) is 0.743. The number of halogens is 1. The molecule has 60 valence electrons. The molecule has 10 heavy (non-hydrogen) atoms. The molecule has 0 N–H and O–H groups in total. The zero-order valence-corrected chi connectivity index (χ0v) is 8.93. The van der Waals surface area contributed by atoms with E-state index in [4.69, 9.17) is 0 Å². The fourth-order valence-corrected chi connectivity index (χ4v) is 3.62. The fourth-order valence-electron chi connectivity index (χ4n) is 1.21. The number of hydrogen-bond acceptors (Lipinski definition) is 0. The molecule has 0 aliphatic carbocycles. The van der Waals surface area contributed by atoms with Gasteiger partial charge >= 0.3 is 0 Å². The van der Waals surface area contributed by atoms with Crippen molar-refractivity contribution in [2.45, 2.75) is 19.8 Å². The zero-order chi connectivity index (χ0) is 6.69. The minimum Gasteiger partial charge on any atom is -1.00 e. The van der Waals surface area contributed by atoms with E-state index in [0.29, 0.717) is 0 Å². The smallest absolute Gasteiger partial charge is 0.128 e. The topological polar surface area (TPSA) is 0 Å². The van der Waals surface area contributed by atoms with Crippen LogP contribution in [0.3, 0.4) is 0 Å². The molecule has 1 rings (SSSR count). The van der Waals surface area contributed by atoms with Crippen molar-refractivity contribution in [2.24, 2.45) is 0 Å². The summed E-state index contributed by atoms with van der Waals surface area (Å²) in [5.74, 6) is 4.26. The van der Waals surface area contributed by atoms with Crippen molar-refractivity contribution in [1.29, 1.82) is 0 Å². The Kier molecular flexibility index (Phi) is 5.55. The van der Waals surface area contributed by atoms with Crippen LogP contribution in [0.4, 0.5) is 0 Å². The van der Waals surface area contributed by atoms with E-state index in [0.717, 1.165) is 10.9 Å². The summed E-state index contributed by atoms with van der Waals surface area (Å²) in [6.07, 6.45) is 2.94. The molecule has 1 aliphatic rings. The Morgan fingerprint density at radius 1 is 1.40 bits per heavy atom. The lowest BCUT2D eigenvalue weighted by Gasteiger charge is -1.97. The maximum atomic E-state index is 3.93. The van der Waals surface area contributed by atoms with E-state index < -0.39 is 0 Å². The van der Waals surface area contributed by atoms with Gasteiger partial charge in [0.1, 0.15) is 17.3 Å². The summed E-state index contributed by atoms with van der Waals surface area (Å²) < 4.78 is 0. The van der Waals surface area contributed by atoms with Crippen molar-refractivity contribution >= 4 is 10.9 Å². The van der Waals surface area contributed by atoms with Crippen LogP contribution in [-0.2, 0) is 10.9 Å². The van der Waals surface area contributed by atoms with E-state index in [-0.39, 0.29) is 17.0 Å². The van der Waals surface area contributed by atoms with E-state index >= 15 is 0 Å². The first kappa shape index (κ1) is 10.6. The standard InChI is InChI=1S/C8H15S.BrH/c1-8(2)7-9-5-3-4-6-9;/h1,3-7H2,2H3;1H/q+1;/p-1. The highest BCUT2D eigenvalue weighted by atomic mass is 79.9. The van der Waals surface area contributed by atoms with Gasteiger partial charge in [0.05, 0.1) is 0 Å². The predicted octanol–water partition coefficient (Wildman–Crippen LogP) is -1.02. The number of rotatable bonds is 2. The van der Waals surface area contributed by atoms with Gasteiger partial charge in [-0.3, -0.25) is 0 Å². The molecule has 0 bridgehead atoms. The lowest BCUT2D eigenvalue weighted by molar-refractivity contribution is -0.00000203. The molecule has 1 saturated heterocycles. The van der Waals surface area contributed by atoms with Gasteiger partial charge in [0.25, 0.3) is 0 Å². The monoisotopic (exact) mass is 222 g/mol. The van der Waals surface area contributed by atoms with Crippen molar-refractivity contribution in [3.05, 3.63) is 12.2 Å². The molecule has 0 nitrogen and oxygen atoms in total. The van der Waals surface area contributed by atoms with E-state index in [1.807, 2.05) is 0 Å². The Labute approximate surface area is 77.2 Å². The maximum absolute atomic E-state index is 3.93. The maximum Gasteiger partial charge on any atom is 0.128 e. The Balaban J connectivity index is 0.000000810. The highest BCUT2D eigenvalue weighted by Gasteiger charge is 2.22. The summed E-state index contributed by atoms with van der Waals surface area (Å²) >= 11 is 0. The quantitative estimate of drug-likeness (QED) is 0.415. The molecule has 1 heterocycles. The van der Waals surface area contributed by atoms with Crippen LogP contribution in [0.2, 0.25) is 0 Å². The third kappa shape index (κ3) is 3.67. The molecule has 0 spiro atoms. The second-order valence-corrected chi connectivity index (χ2v) is 5.16. The van der Waals surface area contributed by atoms with Crippen LogP contribution in [0.1, 0.15) is 19.8 Å². The molecular weight excluding hydrogens is 208 g/mol. The van der Waals surface area contributed by atoms with Crippen LogP contribution < -0.4 is 17.0 Å². The molecule has 0 atom stereocenters. The van der Waals surface area contributed by atoms with Gasteiger partial charge in [-0.05, 0) is 36.2 Å². The highest BCUT2D eigenvalue weighted by molar-refractivity contribution is 7.97. The second-order valence-electron chi connectivity index (χ2n) is 2.83. The molecule has 0 aromatic heterocycles. The average molecular weight is 223 g/mol. The third-order valence-electron chi connectivity index (χ3n) is 1.57. The van der Waals surface area contributed by atoms with Gasteiger partial charge in [-0.2, -0.15) is 0 Å². The fraction of sp³-hybridized carbons (Fsp3) is 0.750. The van der Waals surface area contributed by atoms with Crippen molar-refractivity contribution in [1.82, 2.24) is 0 Å². The van der Waals surface area contributed by atoms with Crippen molar-refractivity contribution < 1.29 is 17.0 Å². The van der Waals surface area contributed by atoms with Crippen molar-refractivity contribution in [3.8, 4) is 0 Å². The third-order valence-corrected chi connectivity index (χ3v) is 4.20. The minimum atomic E-state index is 0. The van der Waals surface area contributed by atoms with Crippen LogP contribution in [0.25, 0.3) is 0 Å². The molecule has 2 heteroatoms. The lowest BCUT2D eigenvalue weighted by atomic mass is 10.4. The summed E-state index contributed by atoms with van der Waals surface area (Å²) in [5, 5.41) is 0. The van der Waals surface area contributed by atoms with Crippen LogP contribution in [0.15, 0.2) is 12.2 Å². The van der Waals surface area contributed by atoms with Crippen LogP contribution >= 0.6 is 0 Å². The van der Waals surface area contributed by atoms with Gasteiger partial charge in [-0.15, -0.1) is 0 Å². The first-order valence-electron chi connectivity index (χ1n) is 3.57. The zero-order valence-electron chi connectivity index (χ0n) is 6.53. The summed E-state index contributed by atoms with van der Waals surface area (Å²) in [5.41, 5.74) is 1.38. The largest absolute Gasteiger partial charge is 1.00 e. The Morgan fingerprint density at radius 3 is 2.30 bits per heavy atom. The van der Waals surface area contributed by atoms with E-state index in [9.17, 15) is 0 Å². The molecular formula is C8H15BrS. The molecule has 0 aromatic rings. The van der Waals surface area contributed by atoms with Gasteiger partial charge < -0.3 is 17.0 Å². The van der Waals surface area contributed by atoms with E-state index in [1.165, 1.54) is 35.7 Å². The SMILES string of the molecule is C=C(C)C[S+]1CCCC1.[Br-]. The van der Waals surface area contributed by atoms with Gasteiger partial charge in [0.15, 0.2) is 0 Å². The highest BCUT2D eigenvalue weighted by Crippen LogP contribution is 2.15. The van der Waals surface area contributed by atoms with Gasteiger partial charge in [-0.1, -0.05) is 6.58 Å². The van der Waals surface area contributed by atoms with Crippen LogP contribution in [-0.4, -0.2) is 17.3 Å². The van der Waals surface area contributed by atoms with Gasteiger partial charge in [-0.25, -0.2) is 0 Å². The first-order chi connectivity index (χ1) is 4.29. The molecule has 0 radical (unpaired) electrons. The molecule has 0 unspecified atom stereocenters. The predicted molar refractivity (Wildman–Crippen MR) is 46.0 cm³/mol. The Morgan fingerprint density at radius 2 is 1.90 bits per heavy atom. The number of hydrogen-bond donors (Lipinski definition) is 0. The van der Waals surface area contributed by atoms with Crippen molar-refractivity contribution in [2.75, 3.05) is 17.3 Å². The van der Waals surface area contributed by atoms with Gasteiger partial charge in [0, 0.05) is 0 Å². The van der Waals surface area contributed by atoms with Crippen LogP contribution in [0, 0.1) is 0 Å². The van der Waals surface area contributed by atoms with Gasteiger partial charge in [0.2, 0.25) is 0 Å². The Hall–Kier alpha value is 0.570. The molecule has 0 saturated carbocycles. The molecule has 1 fully saturated rings. The normalized spacial score (nSPS) is 18.5. The lowest BCUT2D eigenvalue weighted by Crippen LogP contribution is -3.00. The Bertz CT molecular complexity index is 106. The second kappa shape index (κ2) is 5.25. The molecule has 1 aliphatic heterocycles. The summed E-state index contributed by atoms with van der Waals surface area (Å²) in [6, 6.07) is 0. The average Bonchev–Trinajstić information content (AvgIpc) is 2.15. The molecule has 0 aromatic carbocycles. The molecule has 0 amide bonds. The van der Waals surface area contributed by atoms with Crippen LogP contribution in [0.5, 0.6) is 0 Å². The summed E-state index contributed by atoms with van der Waals surface area (Å²) in [6.45, 7) is 6.07. The summed E-state index contributed by atoms with van der Waals surface area (Å²) in [4.78, 5) is 0. The van der Waals surface area contributed by atoms with E-state index in [1.54, 1.807) is 0 Å². The van der Waals surface area contributed by atoms with E-state index in [2.05, 4.69) is 13.5 Å². The minimum absolute atomic E-state index is 0. The van der Waals surface area contributed by atoms with Crippen molar-refractivity contribution in [3.63, 3.8) is 0 Å². The first-order valence-corrected chi connectivity index (χ1v) is 5.31.